The SMILES string of the molecule is CC(C)S(=O)Nc1cccc(N)c1Cl. The van der Waals surface area contributed by atoms with E-state index in [1.165, 1.54) is 0 Å². The molecule has 0 amide bonds. The molecule has 78 valence electrons. The molecule has 1 atom stereocenters. The number of nitrogens with two attached hydrogens (primary N) is 1. The quantitative estimate of drug-likeness (QED) is 0.787. The van der Waals surface area contributed by atoms with E-state index in [9.17, 15) is 4.21 Å². The van der Waals surface area contributed by atoms with Gasteiger partial charge in [-0.15, -0.1) is 0 Å². The minimum absolute atomic E-state index is 0.0347. The highest BCUT2D eigenvalue weighted by molar-refractivity contribution is 7.86. The Morgan fingerprint density at radius 3 is 2.71 bits per heavy atom. The molecule has 0 aromatic heterocycles. The van der Waals surface area contributed by atoms with Crippen LogP contribution in [0.25, 0.3) is 0 Å². The first-order valence-corrected chi connectivity index (χ1v) is 5.82. The molecule has 5 heteroatoms. The number of nitrogen functional groups attached to an aromatic ring is 1. The summed E-state index contributed by atoms with van der Waals surface area (Å²) in [5, 5.41) is 0.453. The summed E-state index contributed by atoms with van der Waals surface area (Å²) in [6.45, 7) is 3.73. The van der Waals surface area contributed by atoms with Crippen LogP contribution >= 0.6 is 11.6 Å². The Hall–Kier alpha value is -0.740. The van der Waals surface area contributed by atoms with Crippen LogP contribution < -0.4 is 10.5 Å². The number of halogens is 1. The maximum atomic E-state index is 11.5. The standard InChI is InChI=1S/C9H13ClN2OS/c1-6(2)14(13)12-8-5-3-4-7(11)9(8)10/h3-6,12H,11H2,1-2H3. The summed E-state index contributed by atoms with van der Waals surface area (Å²) in [5.74, 6) is 0. The van der Waals surface area contributed by atoms with Crippen LogP contribution in [-0.2, 0) is 11.0 Å². The van der Waals surface area contributed by atoms with E-state index >= 15 is 0 Å². The van der Waals surface area contributed by atoms with E-state index in [-0.39, 0.29) is 5.25 Å². The van der Waals surface area contributed by atoms with Gasteiger partial charge in [-0.2, -0.15) is 0 Å². The molecule has 3 N–H and O–H groups in total. The highest BCUT2D eigenvalue weighted by Gasteiger charge is 2.08. The zero-order valence-electron chi connectivity index (χ0n) is 8.08. The largest absolute Gasteiger partial charge is 0.397 e. The molecule has 1 unspecified atom stereocenters. The summed E-state index contributed by atoms with van der Waals surface area (Å²) in [7, 11) is -1.13. The molecule has 3 nitrogen and oxygen atoms in total. The van der Waals surface area contributed by atoms with Gasteiger partial charge in [-0.3, -0.25) is 0 Å². The van der Waals surface area contributed by atoms with Gasteiger partial charge >= 0.3 is 0 Å². The lowest BCUT2D eigenvalue weighted by atomic mass is 10.3. The topological polar surface area (TPSA) is 55.1 Å². The van der Waals surface area contributed by atoms with Gasteiger partial charge in [0.05, 0.1) is 16.4 Å². The maximum Gasteiger partial charge on any atom is 0.119 e. The van der Waals surface area contributed by atoms with E-state index in [0.29, 0.717) is 16.4 Å². The molecule has 14 heavy (non-hydrogen) atoms. The first-order valence-electron chi connectivity index (χ1n) is 4.23. The molecule has 0 heterocycles. The normalized spacial score (nSPS) is 12.9. The Kier molecular flexibility index (Phi) is 3.77. The summed E-state index contributed by atoms with van der Waals surface area (Å²) < 4.78 is 14.3. The number of benzene rings is 1. The van der Waals surface area contributed by atoms with Crippen molar-refractivity contribution in [3.8, 4) is 0 Å². The van der Waals surface area contributed by atoms with Gasteiger partial charge in [-0.1, -0.05) is 17.7 Å². The summed E-state index contributed by atoms with van der Waals surface area (Å²) >= 11 is 5.92. The predicted octanol–water partition coefficient (Wildman–Crippen LogP) is 2.41. The molecule has 0 saturated heterocycles. The smallest absolute Gasteiger partial charge is 0.119 e. The lowest BCUT2D eigenvalue weighted by Gasteiger charge is -2.10. The Morgan fingerprint density at radius 2 is 2.14 bits per heavy atom. The third kappa shape index (κ3) is 2.62. The van der Waals surface area contributed by atoms with Crippen LogP contribution in [0.1, 0.15) is 13.8 Å². The van der Waals surface area contributed by atoms with E-state index in [2.05, 4.69) is 4.72 Å². The second-order valence-electron chi connectivity index (χ2n) is 3.16. The van der Waals surface area contributed by atoms with Gasteiger partial charge in [0.2, 0.25) is 0 Å². The van der Waals surface area contributed by atoms with Crippen LogP contribution in [0.15, 0.2) is 18.2 Å². The second-order valence-corrected chi connectivity index (χ2v) is 5.28. The first kappa shape index (κ1) is 11.3. The third-order valence-electron chi connectivity index (χ3n) is 1.67. The Labute approximate surface area is 91.2 Å². The van der Waals surface area contributed by atoms with Crippen LogP contribution in [0.5, 0.6) is 0 Å². The molecule has 1 rings (SSSR count). The zero-order chi connectivity index (χ0) is 10.7. The van der Waals surface area contributed by atoms with Crippen molar-refractivity contribution in [3.63, 3.8) is 0 Å². The molecule has 0 aliphatic carbocycles. The molecule has 0 saturated carbocycles. The van der Waals surface area contributed by atoms with Crippen LogP contribution in [0.3, 0.4) is 0 Å². The lowest BCUT2D eigenvalue weighted by molar-refractivity contribution is 0.680. The van der Waals surface area contributed by atoms with Gasteiger partial charge in [0.1, 0.15) is 11.0 Å². The zero-order valence-corrected chi connectivity index (χ0v) is 9.65. The molecule has 0 bridgehead atoms. The third-order valence-corrected chi connectivity index (χ3v) is 3.37. The molecule has 0 spiro atoms. The lowest BCUT2D eigenvalue weighted by Crippen LogP contribution is -2.14. The van der Waals surface area contributed by atoms with Crippen LogP contribution in [0.4, 0.5) is 11.4 Å². The predicted molar refractivity (Wildman–Crippen MR) is 62.8 cm³/mol. The number of hydrogen-bond acceptors (Lipinski definition) is 2. The van der Waals surface area contributed by atoms with E-state index in [1.54, 1.807) is 18.2 Å². The first-order chi connectivity index (χ1) is 6.52. The van der Waals surface area contributed by atoms with Crippen molar-refractivity contribution in [3.05, 3.63) is 23.2 Å². The van der Waals surface area contributed by atoms with Gasteiger partial charge < -0.3 is 10.5 Å². The van der Waals surface area contributed by atoms with Gasteiger partial charge in [0, 0.05) is 5.25 Å². The van der Waals surface area contributed by atoms with Crippen molar-refractivity contribution >= 4 is 34.0 Å². The van der Waals surface area contributed by atoms with Crippen molar-refractivity contribution in [2.45, 2.75) is 19.1 Å². The summed E-state index contributed by atoms with van der Waals surface area (Å²) in [6, 6.07) is 5.21. The molecule has 1 aromatic carbocycles. The van der Waals surface area contributed by atoms with Crippen molar-refractivity contribution in [2.75, 3.05) is 10.5 Å². The van der Waals surface area contributed by atoms with Crippen molar-refractivity contribution < 1.29 is 4.21 Å². The molecule has 0 aliphatic rings. The van der Waals surface area contributed by atoms with Crippen LogP contribution in [0.2, 0.25) is 5.02 Å². The average Bonchev–Trinajstić information content (AvgIpc) is 2.12. The van der Waals surface area contributed by atoms with E-state index in [0.717, 1.165) is 0 Å². The van der Waals surface area contributed by atoms with Crippen molar-refractivity contribution in [1.82, 2.24) is 0 Å². The Bertz CT molecular complexity index is 355. The highest BCUT2D eigenvalue weighted by Crippen LogP contribution is 2.28. The molecule has 0 aliphatic heterocycles. The highest BCUT2D eigenvalue weighted by atomic mass is 35.5. The van der Waals surface area contributed by atoms with Gasteiger partial charge in [0.25, 0.3) is 0 Å². The Morgan fingerprint density at radius 1 is 1.50 bits per heavy atom. The van der Waals surface area contributed by atoms with E-state index < -0.39 is 11.0 Å². The summed E-state index contributed by atoms with van der Waals surface area (Å²) in [4.78, 5) is 0. The monoisotopic (exact) mass is 232 g/mol. The van der Waals surface area contributed by atoms with Gasteiger partial charge in [-0.05, 0) is 26.0 Å². The molecule has 1 aromatic rings. The van der Waals surface area contributed by atoms with Crippen molar-refractivity contribution in [2.24, 2.45) is 0 Å². The molecular formula is C9H13ClN2OS. The fourth-order valence-electron chi connectivity index (χ4n) is 0.855. The number of hydrogen-bond donors (Lipinski definition) is 2. The molecular weight excluding hydrogens is 220 g/mol. The minimum Gasteiger partial charge on any atom is -0.397 e. The van der Waals surface area contributed by atoms with Crippen LogP contribution in [0, 0.1) is 0 Å². The molecule has 0 fully saturated rings. The number of rotatable bonds is 3. The van der Waals surface area contributed by atoms with Crippen molar-refractivity contribution in [1.29, 1.82) is 0 Å². The summed E-state index contributed by atoms with van der Waals surface area (Å²) in [6.07, 6.45) is 0. The second kappa shape index (κ2) is 4.66. The fourth-order valence-corrected chi connectivity index (χ4v) is 1.71. The van der Waals surface area contributed by atoms with E-state index in [4.69, 9.17) is 17.3 Å². The number of anilines is 2. The number of nitrogens with one attached hydrogen (secondary N) is 1. The molecule has 0 radical (unpaired) electrons. The van der Waals surface area contributed by atoms with E-state index in [1.807, 2.05) is 13.8 Å². The summed E-state index contributed by atoms with van der Waals surface area (Å²) in [5.41, 5.74) is 6.70. The minimum atomic E-state index is -1.13. The fraction of sp³-hybridized carbons (Fsp3) is 0.333. The van der Waals surface area contributed by atoms with Gasteiger partial charge in [0.15, 0.2) is 0 Å². The van der Waals surface area contributed by atoms with Crippen LogP contribution in [-0.4, -0.2) is 9.46 Å². The average molecular weight is 233 g/mol. The van der Waals surface area contributed by atoms with Gasteiger partial charge in [-0.25, -0.2) is 4.21 Å². The maximum absolute atomic E-state index is 11.5. The Balaban J connectivity index is 2.87.